The summed E-state index contributed by atoms with van der Waals surface area (Å²) in [4.78, 5) is 2.39. The summed E-state index contributed by atoms with van der Waals surface area (Å²) in [5.41, 5.74) is 16.3. The van der Waals surface area contributed by atoms with Crippen molar-refractivity contribution in [2.24, 2.45) is 0 Å². The van der Waals surface area contributed by atoms with Gasteiger partial charge in [-0.3, -0.25) is 0 Å². The van der Waals surface area contributed by atoms with Crippen LogP contribution in [-0.4, -0.2) is 4.57 Å². The van der Waals surface area contributed by atoms with Crippen molar-refractivity contribution in [2.75, 3.05) is 4.90 Å². The van der Waals surface area contributed by atoms with Gasteiger partial charge in [0, 0.05) is 33.5 Å². The average molecular weight is 715 g/mol. The van der Waals surface area contributed by atoms with Gasteiger partial charge in [0.1, 0.15) is 0 Å². The molecule has 56 heavy (non-hydrogen) atoms. The van der Waals surface area contributed by atoms with Crippen LogP contribution >= 0.6 is 0 Å². The van der Waals surface area contributed by atoms with Gasteiger partial charge in [0.2, 0.25) is 0 Å². The molecule has 2 nitrogen and oxygen atoms in total. The van der Waals surface area contributed by atoms with Crippen molar-refractivity contribution in [3.8, 4) is 50.2 Å². The van der Waals surface area contributed by atoms with E-state index < -0.39 is 0 Å². The number of hydrogen-bond donors (Lipinski definition) is 0. The van der Waals surface area contributed by atoms with Crippen LogP contribution in [0.5, 0.6) is 0 Å². The topological polar surface area (TPSA) is 8.17 Å². The normalized spacial score (nSPS) is 11.2. The van der Waals surface area contributed by atoms with Gasteiger partial charge in [-0.2, -0.15) is 0 Å². The second-order valence-corrected chi connectivity index (χ2v) is 14.2. The zero-order chi connectivity index (χ0) is 37.3. The quantitative estimate of drug-likeness (QED) is 0.152. The van der Waals surface area contributed by atoms with Crippen molar-refractivity contribution in [3.63, 3.8) is 0 Å². The largest absolute Gasteiger partial charge is 0.310 e. The second kappa shape index (κ2) is 14.4. The fraction of sp³-hybridized carbons (Fsp3) is 0. The number of hydrogen-bond acceptors (Lipinski definition) is 1. The third kappa shape index (κ3) is 6.24. The molecule has 0 aliphatic rings. The Hall–Kier alpha value is -7.42. The molecule has 0 unspecified atom stereocenters. The van der Waals surface area contributed by atoms with Gasteiger partial charge in [0.05, 0.1) is 11.0 Å². The molecule has 0 fully saturated rings. The molecule has 0 amide bonds. The molecule has 0 aliphatic carbocycles. The molecule has 1 aromatic heterocycles. The van der Waals surface area contributed by atoms with E-state index in [1.165, 1.54) is 55.2 Å². The summed E-state index contributed by atoms with van der Waals surface area (Å²) in [6.45, 7) is 0. The van der Waals surface area contributed by atoms with E-state index in [4.69, 9.17) is 0 Å². The maximum absolute atomic E-state index is 2.39. The average Bonchev–Trinajstić information content (AvgIpc) is 3.62. The smallest absolute Gasteiger partial charge is 0.0541 e. The highest BCUT2D eigenvalue weighted by Gasteiger charge is 2.18. The Kier molecular flexibility index (Phi) is 8.55. The molecule has 264 valence electrons. The van der Waals surface area contributed by atoms with Gasteiger partial charge in [0.15, 0.2) is 0 Å². The Morgan fingerprint density at radius 2 is 0.661 bits per heavy atom. The van der Waals surface area contributed by atoms with Crippen LogP contribution in [0.4, 0.5) is 17.1 Å². The number of rotatable bonds is 8. The number of aromatic nitrogens is 1. The second-order valence-electron chi connectivity index (χ2n) is 14.2. The lowest BCUT2D eigenvalue weighted by atomic mass is 9.96. The van der Waals surface area contributed by atoms with Gasteiger partial charge in [-0.1, -0.05) is 158 Å². The molecular weight excluding hydrogens is 677 g/mol. The third-order valence-electron chi connectivity index (χ3n) is 10.8. The Labute approximate surface area is 327 Å². The predicted molar refractivity (Wildman–Crippen MR) is 237 cm³/mol. The highest BCUT2D eigenvalue weighted by molar-refractivity contribution is 6.10. The minimum Gasteiger partial charge on any atom is -0.310 e. The molecule has 1 heterocycles. The lowest BCUT2D eigenvalue weighted by Crippen LogP contribution is -2.10. The van der Waals surface area contributed by atoms with E-state index >= 15 is 0 Å². The number of fused-ring (bicyclic) bond motifs is 3. The molecule has 0 saturated heterocycles. The minimum absolute atomic E-state index is 1.09. The zero-order valence-electron chi connectivity index (χ0n) is 30.8. The van der Waals surface area contributed by atoms with Gasteiger partial charge in [-0.15, -0.1) is 0 Å². The summed E-state index contributed by atoms with van der Waals surface area (Å²) in [7, 11) is 0. The zero-order valence-corrected chi connectivity index (χ0v) is 30.8. The van der Waals surface area contributed by atoms with Crippen LogP contribution in [0.1, 0.15) is 0 Å². The number of para-hydroxylation sites is 2. The Bertz CT molecular complexity index is 2830. The maximum Gasteiger partial charge on any atom is 0.0541 e. The van der Waals surface area contributed by atoms with Gasteiger partial charge in [-0.05, 0) is 117 Å². The first-order chi connectivity index (χ1) is 27.8. The number of nitrogens with zero attached hydrogens (tertiary/aromatic N) is 2. The fourth-order valence-corrected chi connectivity index (χ4v) is 8.03. The van der Waals surface area contributed by atoms with Gasteiger partial charge < -0.3 is 9.47 Å². The number of anilines is 3. The first kappa shape index (κ1) is 33.2. The molecule has 0 radical (unpaired) electrons. The first-order valence-corrected chi connectivity index (χ1v) is 19.2. The van der Waals surface area contributed by atoms with Crippen LogP contribution in [0.3, 0.4) is 0 Å². The lowest BCUT2D eigenvalue weighted by Gasteiger charge is -2.27. The van der Waals surface area contributed by atoms with Gasteiger partial charge in [-0.25, -0.2) is 0 Å². The fourth-order valence-electron chi connectivity index (χ4n) is 8.03. The monoisotopic (exact) mass is 714 g/mol. The SMILES string of the molecule is c1ccc(-c2ccc(N(c3ccc(-c4ccccc4)cc3)c3cc(-c4ccccc4)cc(-c4ccc5c(c4)c4ccccc4n5-c4ccccc4)c3)cc2)cc1. The van der Waals surface area contributed by atoms with Gasteiger partial charge in [0.25, 0.3) is 0 Å². The standard InChI is InChI=1S/C54H38N2/c1-5-15-39(16-6-1)42-25-30-48(31-26-42)55(49-32-27-43(28-33-49)40-17-7-2-8-18-40)50-36-45(41-19-9-3-10-20-41)35-46(37-50)44-29-34-54-52(38-44)51-23-13-14-24-53(51)56(54)47-21-11-4-12-22-47/h1-38H. The van der Waals surface area contributed by atoms with Crippen molar-refractivity contribution in [2.45, 2.75) is 0 Å². The molecule has 10 aromatic rings. The number of benzene rings is 9. The van der Waals surface area contributed by atoms with Crippen LogP contribution < -0.4 is 4.90 Å². The molecule has 0 aliphatic heterocycles. The van der Waals surface area contributed by atoms with E-state index in [9.17, 15) is 0 Å². The van der Waals surface area contributed by atoms with E-state index in [2.05, 4.69) is 240 Å². The lowest BCUT2D eigenvalue weighted by molar-refractivity contribution is 1.18. The molecule has 10 rings (SSSR count). The van der Waals surface area contributed by atoms with Crippen LogP contribution in [0, 0.1) is 0 Å². The van der Waals surface area contributed by atoms with Crippen LogP contribution in [0.25, 0.3) is 72.0 Å². The molecule has 0 atom stereocenters. The summed E-state index contributed by atoms with van der Waals surface area (Å²) in [6.07, 6.45) is 0. The highest BCUT2D eigenvalue weighted by Crippen LogP contribution is 2.42. The Morgan fingerprint density at radius 1 is 0.250 bits per heavy atom. The van der Waals surface area contributed by atoms with Crippen molar-refractivity contribution < 1.29 is 0 Å². The van der Waals surface area contributed by atoms with E-state index in [0.29, 0.717) is 0 Å². The molecule has 2 heteroatoms. The van der Waals surface area contributed by atoms with Crippen LogP contribution in [-0.2, 0) is 0 Å². The van der Waals surface area contributed by atoms with Crippen LogP contribution in [0.2, 0.25) is 0 Å². The van der Waals surface area contributed by atoms with Crippen molar-refractivity contribution in [3.05, 3.63) is 231 Å². The molecule has 0 N–H and O–H groups in total. The van der Waals surface area contributed by atoms with Gasteiger partial charge >= 0.3 is 0 Å². The molecular formula is C54H38N2. The van der Waals surface area contributed by atoms with E-state index in [-0.39, 0.29) is 0 Å². The molecule has 0 saturated carbocycles. The minimum atomic E-state index is 1.09. The Balaban J connectivity index is 1.16. The highest BCUT2D eigenvalue weighted by atomic mass is 15.1. The Morgan fingerprint density at radius 3 is 1.21 bits per heavy atom. The van der Waals surface area contributed by atoms with Crippen molar-refractivity contribution in [1.82, 2.24) is 4.57 Å². The summed E-state index contributed by atoms with van der Waals surface area (Å²) in [6, 6.07) is 83.1. The molecule has 0 spiro atoms. The van der Waals surface area contributed by atoms with Crippen molar-refractivity contribution in [1.29, 1.82) is 0 Å². The summed E-state index contributed by atoms with van der Waals surface area (Å²) in [5.74, 6) is 0. The molecule has 9 aromatic carbocycles. The first-order valence-electron chi connectivity index (χ1n) is 19.2. The molecule has 0 bridgehead atoms. The summed E-state index contributed by atoms with van der Waals surface area (Å²) >= 11 is 0. The predicted octanol–water partition coefficient (Wildman–Crippen LogP) is 14.9. The third-order valence-corrected chi connectivity index (χ3v) is 10.8. The van der Waals surface area contributed by atoms with E-state index in [0.717, 1.165) is 33.9 Å². The summed E-state index contributed by atoms with van der Waals surface area (Å²) < 4.78 is 2.38. The summed E-state index contributed by atoms with van der Waals surface area (Å²) in [5, 5.41) is 2.48. The van der Waals surface area contributed by atoms with Crippen molar-refractivity contribution >= 4 is 38.9 Å². The van der Waals surface area contributed by atoms with Crippen LogP contribution in [0.15, 0.2) is 231 Å². The van der Waals surface area contributed by atoms with E-state index in [1.54, 1.807) is 0 Å². The van der Waals surface area contributed by atoms with E-state index in [1.807, 2.05) is 0 Å². The maximum atomic E-state index is 2.39.